The van der Waals surface area contributed by atoms with Gasteiger partial charge in [0.25, 0.3) is 5.91 Å². The molecule has 0 radical (unpaired) electrons. The summed E-state index contributed by atoms with van der Waals surface area (Å²) < 4.78 is 11.0. The third kappa shape index (κ3) is 5.99. The van der Waals surface area contributed by atoms with Gasteiger partial charge in [0.05, 0.1) is 13.0 Å². The molecule has 0 unspecified atom stereocenters. The van der Waals surface area contributed by atoms with Gasteiger partial charge in [-0.3, -0.25) is 9.59 Å². The van der Waals surface area contributed by atoms with Crippen molar-refractivity contribution in [3.8, 4) is 11.5 Å². The van der Waals surface area contributed by atoms with E-state index in [1.54, 1.807) is 28.4 Å². The molecule has 1 fully saturated rings. The van der Waals surface area contributed by atoms with Gasteiger partial charge in [0.1, 0.15) is 11.5 Å². The summed E-state index contributed by atoms with van der Waals surface area (Å²) in [6, 6.07) is 11.3. The van der Waals surface area contributed by atoms with Crippen LogP contribution in [0.3, 0.4) is 0 Å². The van der Waals surface area contributed by atoms with Gasteiger partial charge >= 0.3 is 0 Å². The van der Waals surface area contributed by atoms with Gasteiger partial charge in [0, 0.05) is 24.0 Å². The number of hydrogen-bond acceptors (Lipinski definition) is 5. The summed E-state index contributed by atoms with van der Waals surface area (Å²) in [7, 11) is 0. The summed E-state index contributed by atoms with van der Waals surface area (Å²) in [5, 5.41) is 5.05. The van der Waals surface area contributed by atoms with Crippen LogP contribution >= 0.6 is 11.3 Å². The van der Waals surface area contributed by atoms with Gasteiger partial charge in [-0.2, -0.15) is 0 Å². The van der Waals surface area contributed by atoms with Crippen LogP contribution in [0.1, 0.15) is 24.6 Å². The van der Waals surface area contributed by atoms with Crippen molar-refractivity contribution in [3.05, 3.63) is 46.7 Å². The van der Waals surface area contributed by atoms with E-state index in [0.29, 0.717) is 31.9 Å². The van der Waals surface area contributed by atoms with E-state index in [1.807, 2.05) is 36.6 Å². The average Bonchev–Trinajstić information content (AvgIpc) is 3.21. The van der Waals surface area contributed by atoms with Crippen molar-refractivity contribution in [1.82, 2.24) is 10.2 Å². The van der Waals surface area contributed by atoms with E-state index in [1.165, 1.54) is 0 Å². The van der Waals surface area contributed by atoms with Gasteiger partial charge in [0.2, 0.25) is 5.91 Å². The first-order valence-electron chi connectivity index (χ1n) is 9.59. The van der Waals surface area contributed by atoms with Crippen LogP contribution in [0.15, 0.2) is 41.8 Å². The van der Waals surface area contributed by atoms with Crippen molar-refractivity contribution in [2.45, 2.75) is 32.2 Å². The molecule has 0 bridgehead atoms. The molecule has 0 atom stereocenters. The van der Waals surface area contributed by atoms with E-state index in [2.05, 4.69) is 5.32 Å². The fourth-order valence-corrected chi connectivity index (χ4v) is 3.86. The highest BCUT2D eigenvalue weighted by molar-refractivity contribution is 7.10. The number of thiophene rings is 1. The third-order valence-electron chi connectivity index (χ3n) is 4.62. The van der Waals surface area contributed by atoms with E-state index in [4.69, 9.17) is 9.47 Å². The number of amides is 2. The molecule has 1 aliphatic heterocycles. The minimum absolute atomic E-state index is 0.0172. The van der Waals surface area contributed by atoms with Crippen LogP contribution in [-0.4, -0.2) is 49.1 Å². The van der Waals surface area contributed by atoms with Gasteiger partial charge < -0.3 is 19.7 Å². The number of benzene rings is 1. The molecule has 2 amide bonds. The van der Waals surface area contributed by atoms with Gasteiger partial charge in [-0.05, 0) is 55.5 Å². The SMILES string of the molecule is CCOc1ccc(OCC(=O)N2CCC(NC(=O)Cc3cccs3)CC2)cc1. The minimum Gasteiger partial charge on any atom is -0.494 e. The van der Waals surface area contributed by atoms with E-state index in [0.717, 1.165) is 23.5 Å². The lowest BCUT2D eigenvalue weighted by Crippen LogP contribution is -2.47. The van der Waals surface area contributed by atoms with Crippen LogP contribution in [0.4, 0.5) is 0 Å². The van der Waals surface area contributed by atoms with Crippen molar-refractivity contribution >= 4 is 23.2 Å². The fourth-order valence-electron chi connectivity index (χ4n) is 3.16. The summed E-state index contributed by atoms with van der Waals surface area (Å²) in [6.07, 6.45) is 1.96. The lowest BCUT2D eigenvalue weighted by molar-refractivity contribution is -0.134. The lowest BCUT2D eigenvalue weighted by atomic mass is 10.0. The second-order valence-corrected chi connectivity index (χ2v) is 7.70. The van der Waals surface area contributed by atoms with Gasteiger partial charge in [-0.15, -0.1) is 11.3 Å². The molecular formula is C21H26N2O4S. The molecule has 28 heavy (non-hydrogen) atoms. The number of ether oxygens (including phenoxy) is 2. The number of carbonyl (C=O) groups excluding carboxylic acids is 2. The number of carbonyl (C=O) groups is 2. The topological polar surface area (TPSA) is 67.9 Å². The highest BCUT2D eigenvalue weighted by Crippen LogP contribution is 2.18. The Bertz CT molecular complexity index is 753. The summed E-state index contributed by atoms with van der Waals surface area (Å²) in [6.45, 7) is 3.83. The highest BCUT2D eigenvalue weighted by atomic mass is 32.1. The smallest absolute Gasteiger partial charge is 0.260 e. The number of hydrogen-bond donors (Lipinski definition) is 1. The summed E-state index contributed by atoms with van der Waals surface area (Å²) in [5.41, 5.74) is 0. The zero-order chi connectivity index (χ0) is 19.8. The van der Waals surface area contributed by atoms with Crippen LogP contribution in [0, 0.1) is 0 Å². The second kappa shape index (κ2) is 10.1. The first-order chi connectivity index (χ1) is 13.6. The maximum absolute atomic E-state index is 12.4. The Morgan fingerprint density at radius 3 is 2.39 bits per heavy atom. The van der Waals surface area contributed by atoms with E-state index in [-0.39, 0.29) is 24.5 Å². The highest BCUT2D eigenvalue weighted by Gasteiger charge is 2.24. The van der Waals surface area contributed by atoms with Crippen LogP contribution in [0.5, 0.6) is 11.5 Å². The summed E-state index contributed by atoms with van der Waals surface area (Å²) in [4.78, 5) is 27.3. The number of likely N-dealkylation sites (tertiary alicyclic amines) is 1. The van der Waals surface area contributed by atoms with Crippen LogP contribution in [-0.2, 0) is 16.0 Å². The molecule has 1 aromatic carbocycles. The van der Waals surface area contributed by atoms with Crippen LogP contribution in [0.25, 0.3) is 0 Å². The quantitative estimate of drug-likeness (QED) is 0.737. The van der Waals surface area contributed by atoms with Crippen molar-refractivity contribution < 1.29 is 19.1 Å². The Labute approximate surface area is 169 Å². The van der Waals surface area contributed by atoms with Crippen molar-refractivity contribution in [1.29, 1.82) is 0 Å². The minimum atomic E-state index is -0.0303. The van der Waals surface area contributed by atoms with Crippen molar-refractivity contribution in [2.75, 3.05) is 26.3 Å². The molecule has 2 heterocycles. The molecule has 0 aliphatic carbocycles. The predicted molar refractivity (Wildman–Crippen MR) is 109 cm³/mol. The summed E-state index contributed by atoms with van der Waals surface area (Å²) >= 11 is 1.59. The van der Waals surface area contributed by atoms with Crippen LogP contribution in [0.2, 0.25) is 0 Å². The Kier molecular flexibility index (Phi) is 7.31. The molecule has 150 valence electrons. The zero-order valence-electron chi connectivity index (χ0n) is 16.1. The number of rotatable bonds is 8. The molecular weight excluding hydrogens is 376 g/mol. The third-order valence-corrected chi connectivity index (χ3v) is 5.50. The monoisotopic (exact) mass is 402 g/mol. The van der Waals surface area contributed by atoms with E-state index < -0.39 is 0 Å². The maximum Gasteiger partial charge on any atom is 0.260 e. The molecule has 1 aliphatic rings. The van der Waals surface area contributed by atoms with Crippen molar-refractivity contribution in [2.24, 2.45) is 0 Å². The molecule has 0 spiro atoms. The van der Waals surface area contributed by atoms with E-state index >= 15 is 0 Å². The Morgan fingerprint density at radius 2 is 1.79 bits per heavy atom. The Hall–Kier alpha value is -2.54. The molecule has 1 saturated heterocycles. The first-order valence-corrected chi connectivity index (χ1v) is 10.5. The normalized spacial score (nSPS) is 14.5. The molecule has 6 nitrogen and oxygen atoms in total. The lowest BCUT2D eigenvalue weighted by Gasteiger charge is -2.32. The molecule has 7 heteroatoms. The predicted octanol–water partition coefficient (Wildman–Crippen LogP) is 2.88. The summed E-state index contributed by atoms with van der Waals surface area (Å²) in [5.74, 6) is 1.44. The molecule has 1 N–H and O–H groups in total. The molecule has 2 aromatic rings. The standard InChI is InChI=1S/C21H26N2O4S/c1-2-26-17-5-7-18(8-6-17)27-15-21(25)23-11-9-16(10-12-23)22-20(24)14-19-4-3-13-28-19/h3-8,13,16H,2,9-12,14-15H2,1H3,(H,22,24). The molecule has 0 saturated carbocycles. The van der Waals surface area contributed by atoms with Gasteiger partial charge in [-0.25, -0.2) is 0 Å². The zero-order valence-corrected chi connectivity index (χ0v) is 16.9. The molecule has 1 aromatic heterocycles. The van der Waals surface area contributed by atoms with Crippen molar-refractivity contribution in [3.63, 3.8) is 0 Å². The molecule has 3 rings (SSSR count). The Balaban J connectivity index is 1.36. The second-order valence-electron chi connectivity index (χ2n) is 6.67. The van der Waals surface area contributed by atoms with E-state index in [9.17, 15) is 9.59 Å². The number of nitrogens with zero attached hydrogens (tertiary/aromatic N) is 1. The average molecular weight is 403 g/mol. The fraction of sp³-hybridized carbons (Fsp3) is 0.429. The first kappa shape index (κ1) is 20.2. The van der Waals surface area contributed by atoms with Crippen LogP contribution < -0.4 is 14.8 Å². The Morgan fingerprint density at radius 1 is 1.11 bits per heavy atom. The van der Waals surface area contributed by atoms with Gasteiger partial charge in [-0.1, -0.05) is 6.07 Å². The number of piperidine rings is 1. The van der Waals surface area contributed by atoms with Gasteiger partial charge in [0.15, 0.2) is 6.61 Å². The number of nitrogens with one attached hydrogen (secondary N) is 1. The maximum atomic E-state index is 12.4. The largest absolute Gasteiger partial charge is 0.494 e.